The van der Waals surface area contributed by atoms with Crippen LogP contribution in [-0.2, 0) is 4.74 Å². The molecule has 6 nitrogen and oxygen atoms in total. The first-order valence-electron chi connectivity index (χ1n) is 7.42. The van der Waals surface area contributed by atoms with Crippen LogP contribution in [0.15, 0.2) is 12.4 Å². The van der Waals surface area contributed by atoms with Crippen LogP contribution in [0.3, 0.4) is 0 Å². The van der Waals surface area contributed by atoms with Crippen molar-refractivity contribution in [1.29, 1.82) is 0 Å². The third kappa shape index (κ3) is 3.37. The van der Waals surface area contributed by atoms with Gasteiger partial charge < -0.3 is 19.9 Å². The van der Waals surface area contributed by atoms with E-state index in [4.69, 9.17) is 4.74 Å². The molecule has 1 N–H and O–H groups in total. The molecule has 2 aliphatic rings. The number of rotatable bonds is 4. The van der Waals surface area contributed by atoms with Crippen LogP contribution in [0.1, 0.15) is 12.8 Å². The SMILES string of the molecule is CN1CCN(c2cc(NC[C@@H]3CCCO3)ncn2)CC1. The van der Waals surface area contributed by atoms with Crippen LogP contribution in [-0.4, -0.2) is 67.4 Å². The molecule has 0 aromatic carbocycles. The van der Waals surface area contributed by atoms with Gasteiger partial charge in [-0.15, -0.1) is 0 Å². The van der Waals surface area contributed by atoms with Gasteiger partial charge in [0.2, 0.25) is 0 Å². The number of anilines is 2. The highest BCUT2D eigenvalue weighted by Gasteiger charge is 2.17. The van der Waals surface area contributed by atoms with Gasteiger partial charge in [-0.3, -0.25) is 0 Å². The maximum Gasteiger partial charge on any atom is 0.134 e. The van der Waals surface area contributed by atoms with Gasteiger partial charge in [0.15, 0.2) is 0 Å². The first kappa shape index (κ1) is 13.6. The first-order valence-corrected chi connectivity index (χ1v) is 7.42. The summed E-state index contributed by atoms with van der Waals surface area (Å²) in [6.07, 6.45) is 4.29. The van der Waals surface area contributed by atoms with Crippen molar-refractivity contribution in [3.63, 3.8) is 0 Å². The van der Waals surface area contributed by atoms with Crippen LogP contribution in [0.5, 0.6) is 0 Å². The summed E-state index contributed by atoms with van der Waals surface area (Å²) in [4.78, 5) is 13.3. The van der Waals surface area contributed by atoms with E-state index in [1.165, 1.54) is 6.42 Å². The molecule has 1 atom stereocenters. The van der Waals surface area contributed by atoms with Crippen LogP contribution in [0.2, 0.25) is 0 Å². The number of nitrogens with zero attached hydrogens (tertiary/aromatic N) is 4. The average Bonchev–Trinajstić information content (AvgIpc) is 3.00. The van der Waals surface area contributed by atoms with Crippen molar-refractivity contribution in [2.45, 2.75) is 18.9 Å². The summed E-state index contributed by atoms with van der Waals surface area (Å²) in [7, 11) is 2.16. The van der Waals surface area contributed by atoms with Gasteiger partial charge in [0, 0.05) is 45.4 Å². The smallest absolute Gasteiger partial charge is 0.134 e. The summed E-state index contributed by atoms with van der Waals surface area (Å²) in [6, 6.07) is 2.04. The zero-order valence-corrected chi connectivity index (χ0v) is 12.1. The van der Waals surface area contributed by atoms with E-state index >= 15 is 0 Å². The van der Waals surface area contributed by atoms with E-state index in [1.54, 1.807) is 6.33 Å². The molecule has 2 aliphatic heterocycles. The molecule has 2 saturated heterocycles. The Morgan fingerprint density at radius 3 is 2.90 bits per heavy atom. The van der Waals surface area contributed by atoms with Gasteiger partial charge in [-0.05, 0) is 19.9 Å². The van der Waals surface area contributed by atoms with Crippen LogP contribution in [0.4, 0.5) is 11.6 Å². The highest BCUT2D eigenvalue weighted by Crippen LogP contribution is 2.17. The molecule has 1 aromatic rings. The third-order valence-electron chi connectivity index (χ3n) is 4.01. The predicted molar refractivity (Wildman–Crippen MR) is 79.2 cm³/mol. The number of hydrogen-bond donors (Lipinski definition) is 1. The summed E-state index contributed by atoms with van der Waals surface area (Å²) in [5, 5.41) is 3.36. The summed E-state index contributed by atoms with van der Waals surface area (Å²) in [5.74, 6) is 1.91. The Labute approximate surface area is 120 Å². The molecular formula is C14H23N5O. The minimum atomic E-state index is 0.331. The fourth-order valence-electron chi connectivity index (χ4n) is 2.68. The van der Waals surface area contributed by atoms with Gasteiger partial charge in [0.25, 0.3) is 0 Å². The van der Waals surface area contributed by atoms with Crippen molar-refractivity contribution in [3.8, 4) is 0 Å². The molecule has 110 valence electrons. The molecule has 3 heterocycles. The Morgan fingerprint density at radius 2 is 2.15 bits per heavy atom. The second kappa shape index (κ2) is 6.37. The standard InChI is InChI=1S/C14H23N5O/c1-18-4-6-19(7-5-18)14-9-13(16-11-17-14)15-10-12-3-2-8-20-12/h9,11-12H,2-8,10H2,1H3,(H,15,16,17)/t12-/m0/s1. The van der Waals surface area contributed by atoms with Gasteiger partial charge in [0.1, 0.15) is 18.0 Å². The number of hydrogen-bond acceptors (Lipinski definition) is 6. The summed E-state index contributed by atoms with van der Waals surface area (Å²) < 4.78 is 5.61. The second-order valence-electron chi connectivity index (χ2n) is 5.57. The summed E-state index contributed by atoms with van der Waals surface area (Å²) >= 11 is 0. The van der Waals surface area contributed by atoms with E-state index < -0.39 is 0 Å². The zero-order chi connectivity index (χ0) is 13.8. The van der Waals surface area contributed by atoms with Gasteiger partial charge in [-0.25, -0.2) is 9.97 Å². The predicted octanol–water partition coefficient (Wildman–Crippen LogP) is 0.819. The number of likely N-dealkylation sites (N-methyl/N-ethyl adjacent to an activating group) is 1. The van der Waals surface area contributed by atoms with Crippen LogP contribution in [0, 0.1) is 0 Å². The normalized spacial score (nSPS) is 24.1. The van der Waals surface area contributed by atoms with Crippen molar-refractivity contribution in [2.24, 2.45) is 0 Å². The minimum absolute atomic E-state index is 0.331. The molecule has 2 fully saturated rings. The third-order valence-corrected chi connectivity index (χ3v) is 4.01. The Bertz CT molecular complexity index is 427. The average molecular weight is 277 g/mol. The van der Waals surface area contributed by atoms with E-state index in [0.29, 0.717) is 6.10 Å². The maximum atomic E-state index is 5.61. The molecule has 0 radical (unpaired) electrons. The topological polar surface area (TPSA) is 53.5 Å². The fourth-order valence-corrected chi connectivity index (χ4v) is 2.68. The van der Waals surface area contributed by atoms with E-state index in [1.807, 2.05) is 6.07 Å². The highest BCUT2D eigenvalue weighted by atomic mass is 16.5. The zero-order valence-electron chi connectivity index (χ0n) is 12.1. The number of nitrogens with one attached hydrogen (secondary N) is 1. The van der Waals surface area contributed by atoms with Gasteiger partial charge in [-0.2, -0.15) is 0 Å². The molecule has 20 heavy (non-hydrogen) atoms. The Balaban J connectivity index is 1.57. The second-order valence-corrected chi connectivity index (χ2v) is 5.57. The summed E-state index contributed by atoms with van der Waals surface area (Å²) in [6.45, 7) is 5.95. The van der Waals surface area contributed by atoms with Crippen molar-refractivity contribution in [3.05, 3.63) is 12.4 Å². The van der Waals surface area contributed by atoms with Crippen molar-refractivity contribution in [2.75, 3.05) is 56.6 Å². The molecule has 0 unspecified atom stereocenters. The van der Waals surface area contributed by atoms with E-state index in [0.717, 1.165) is 57.4 Å². The molecule has 0 spiro atoms. The monoisotopic (exact) mass is 277 g/mol. The molecular weight excluding hydrogens is 254 g/mol. The molecule has 1 aromatic heterocycles. The maximum absolute atomic E-state index is 5.61. The van der Waals surface area contributed by atoms with Gasteiger partial charge >= 0.3 is 0 Å². The van der Waals surface area contributed by atoms with Crippen LogP contribution in [0.25, 0.3) is 0 Å². The van der Waals surface area contributed by atoms with Crippen molar-refractivity contribution in [1.82, 2.24) is 14.9 Å². The molecule has 3 rings (SSSR count). The Hall–Kier alpha value is -1.40. The Morgan fingerprint density at radius 1 is 1.30 bits per heavy atom. The quantitative estimate of drug-likeness (QED) is 0.879. The number of aromatic nitrogens is 2. The van der Waals surface area contributed by atoms with Crippen LogP contribution >= 0.6 is 0 Å². The Kier molecular flexibility index (Phi) is 4.32. The highest BCUT2D eigenvalue weighted by molar-refractivity contribution is 5.48. The van der Waals surface area contributed by atoms with E-state index in [2.05, 4.69) is 32.1 Å². The lowest BCUT2D eigenvalue weighted by molar-refractivity contribution is 0.120. The molecule has 0 amide bonds. The fraction of sp³-hybridized carbons (Fsp3) is 0.714. The number of piperazine rings is 1. The lowest BCUT2D eigenvalue weighted by Gasteiger charge is -2.33. The largest absolute Gasteiger partial charge is 0.376 e. The first-order chi connectivity index (χ1) is 9.81. The minimum Gasteiger partial charge on any atom is -0.376 e. The van der Waals surface area contributed by atoms with Crippen LogP contribution < -0.4 is 10.2 Å². The van der Waals surface area contributed by atoms with E-state index in [-0.39, 0.29) is 0 Å². The van der Waals surface area contributed by atoms with Gasteiger partial charge in [0.05, 0.1) is 6.10 Å². The molecule has 0 saturated carbocycles. The van der Waals surface area contributed by atoms with Crippen molar-refractivity contribution < 1.29 is 4.74 Å². The molecule has 0 aliphatic carbocycles. The van der Waals surface area contributed by atoms with E-state index in [9.17, 15) is 0 Å². The molecule has 0 bridgehead atoms. The van der Waals surface area contributed by atoms with Crippen molar-refractivity contribution >= 4 is 11.6 Å². The lowest BCUT2D eigenvalue weighted by atomic mass is 10.2. The summed E-state index contributed by atoms with van der Waals surface area (Å²) in [5.41, 5.74) is 0. The number of ether oxygens (including phenoxy) is 1. The lowest BCUT2D eigenvalue weighted by Crippen LogP contribution is -2.44. The van der Waals surface area contributed by atoms with Gasteiger partial charge in [-0.1, -0.05) is 0 Å². The molecule has 6 heteroatoms.